The quantitative estimate of drug-likeness (QED) is 0.313. The molecule has 1 aromatic carbocycles. The van der Waals surface area contributed by atoms with Crippen molar-refractivity contribution in [2.75, 3.05) is 0 Å². The largest absolute Gasteiger partial charge is 0.212 e. The smallest absolute Gasteiger partial charge is 0.162 e. The predicted octanol–water partition coefficient (Wildman–Crippen LogP) is 9.51. The van der Waals surface area contributed by atoms with E-state index in [0.717, 1.165) is 50.4 Å². The molecule has 2 fully saturated rings. The zero-order chi connectivity index (χ0) is 22.9. The lowest BCUT2D eigenvalue weighted by molar-refractivity contribution is 0.152. The molecule has 0 aromatic heterocycles. The van der Waals surface area contributed by atoms with E-state index < -0.39 is 11.6 Å². The predicted molar refractivity (Wildman–Crippen MR) is 128 cm³/mol. The van der Waals surface area contributed by atoms with Gasteiger partial charge >= 0.3 is 0 Å². The fourth-order valence-electron chi connectivity index (χ4n) is 6.05. The number of rotatable bonds is 10. The molecule has 0 radical (unpaired) electrons. The van der Waals surface area contributed by atoms with Crippen LogP contribution in [0.1, 0.15) is 108 Å². The van der Waals surface area contributed by atoms with Crippen molar-refractivity contribution in [3.8, 4) is 0 Å². The molecule has 2 saturated carbocycles. The Hall–Kier alpha value is -1.25. The number of allylic oxidation sites excluding steroid dienone is 2. The molecule has 3 heteroatoms. The minimum Gasteiger partial charge on any atom is -0.212 e. The molecule has 0 unspecified atom stereocenters. The van der Waals surface area contributed by atoms with Crippen molar-refractivity contribution < 1.29 is 13.2 Å². The van der Waals surface area contributed by atoms with Gasteiger partial charge in [0.05, 0.1) is 5.83 Å². The monoisotopic (exact) mass is 448 g/mol. The van der Waals surface area contributed by atoms with Crippen LogP contribution in [0.4, 0.5) is 13.2 Å². The number of benzene rings is 1. The summed E-state index contributed by atoms with van der Waals surface area (Å²) in [5, 5.41) is 0. The molecule has 180 valence electrons. The number of hydrogen-bond donors (Lipinski definition) is 0. The van der Waals surface area contributed by atoms with E-state index in [1.165, 1.54) is 38.5 Å². The average molecular weight is 449 g/mol. The summed E-state index contributed by atoms with van der Waals surface area (Å²) < 4.78 is 42.5. The van der Waals surface area contributed by atoms with Gasteiger partial charge in [-0.2, -0.15) is 0 Å². The summed E-state index contributed by atoms with van der Waals surface area (Å²) in [7, 11) is 0. The molecule has 1 aromatic rings. The van der Waals surface area contributed by atoms with Crippen LogP contribution in [0.2, 0.25) is 0 Å². The van der Waals surface area contributed by atoms with Gasteiger partial charge in [-0.15, -0.1) is 0 Å². The van der Waals surface area contributed by atoms with Crippen molar-refractivity contribution in [1.29, 1.82) is 0 Å². The Balaban J connectivity index is 1.41. The van der Waals surface area contributed by atoms with Crippen LogP contribution < -0.4 is 0 Å². The summed E-state index contributed by atoms with van der Waals surface area (Å²) in [4.78, 5) is 0. The summed E-state index contributed by atoms with van der Waals surface area (Å²) in [5.74, 6) is 1.51. The van der Waals surface area contributed by atoms with Gasteiger partial charge in [0, 0.05) is 0 Å². The van der Waals surface area contributed by atoms with Crippen LogP contribution in [-0.2, 0) is 12.8 Å². The van der Waals surface area contributed by atoms with Crippen molar-refractivity contribution in [2.24, 2.45) is 23.7 Å². The van der Waals surface area contributed by atoms with Gasteiger partial charge in [-0.3, -0.25) is 0 Å². The molecule has 0 spiro atoms. The summed E-state index contributed by atoms with van der Waals surface area (Å²) in [6.07, 6.45) is 17.4. The molecule has 3 rings (SSSR count). The van der Waals surface area contributed by atoms with Crippen molar-refractivity contribution in [1.82, 2.24) is 0 Å². The molecule has 0 heterocycles. The van der Waals surface area contributed by atoms with Crippen LogP contribution in [0.25, 0.3) is 0 Å². The van der Waals surface area contributed by atoms with Gasteiger partial charge in [0.15, 0.2) is 11.6 Å². The summed E-state index contributed by atoms with van der Waals surface area (Å²) in [5.41, 5.74) is 1.08. The second kappa shape index (κ2) is 12.8. The summed E-state index contributed by atoms with van der Waals surface area (Å²) >= 11 is 0. The minimum absolute atomic E-state index is 0.0522. The Morgan fingerprint density at radius 1 is 0.812 bits per heavy atom. The molecule has 0 saturated heterocycles. The van der Waals surface area contributed by atoms with Crippen molar-refractivity contribution in [3.63, 3.8) is 0 Å². The summed E-state index contributed by atoms with van der Waals surface area (Å²) in [6.45, 7) is 4.00. The minimum atomic E-state index is -0.619. The maximum absolute atomic E-state index is 14.6. The normalized spacial score (nSPS) is 27.0. The SMILES string of the molecule is CCCCCc1ccc(CCC2CCC(C3CCC(C=C(F)CC)CC3)CC2)c(F)c1F. The first-order valence-electron chi connectivity index (χ1n) is 13.3. The van der Waals surface area contributed by atoms with E-state index in [2.05, 4.69) is 6.92 Å². The third-order valence-corrected chi connectivity index (χ3v) is 8.24. The molecule has 0 nitrogen and oxygen atoms in total. The van der Waals surface area contributed by atoms with E-state index in [9.17, 15) is 13.2 Å². The lowest BCUT2D eigenvalue weighted by atomic mass is 9.68. The third-order valence-electron chi connectivity index (χ3n) is 8.24. The first kappa shape index (κ1) is 25.4. The van der Waals surface area contributed by atoms with Gasteiger partial charge in [0.1, 0.15) is 0 Å². The number of halogens is 3. The molecule has 2 aliphatic carbocycles. The highest BCUT2D eigenvalue weighted by Gasteiger charge is 2.30. The highest BCUT2D eigenvalue weighted by molar-refractivity contribution is 5.26. The van der Waals surface area contributed by atoms with Gasteiger partial charge in [-0.25, -0.2) is 13.2 Å². The van der Waals surface area contributed by atoms with E-state index >= 15 is 0 Å². The molecule has 0 bridgehead atoms. The van der Waals surface area contributed by atoms with Gasteiger partial charge in [-0.1, -0.05) is 51.7 Å². The van der Waals surface area contributed by atoms with Gasteiger partial charge in [0.25, 0.3) is 0 Å². The van der Waals surface area contributed by atoms with E-state index in [-0.39, 0.29) is 5.83 Å². The molecule has 0 atom stereocenters. The highest BCUT2D eigenvalue weighted by atomic mass is 19.2. The van der Waals surface area contributed by atoms with E-state index in [1.54, 1.807) is 6.07 Å². The second-order valence-corrected chi connectivity index (χ2v) is 10.4. The van der Waals surface area contributed by atoms with Crippen LogP contribution in [0, 0.1) is 35.3 Å². The van der Waals surface area contributed by atoms with Crippen LogP contribution >= 0.6 is 0 Å². The first-order chi connectivity index (χ1) is 15.5. The molecule has 0 N–H and O–H groups in total. The third kappa shape index (κ3) is 7.12. The topological polar surface area (TPSA) is 0 Å². The van der Waals surface area contributed by atoms with Crippen LogP contribution in [0.5, 0.6) is 0 Å². The maximum atomic E-state index is 14.6. The zero-order valence-electron chi connectivity index (χ0n) is 20.3. The average Bonchev–Trinajstić information content (AvgIpc) is 2.82. The van der Waals surface area contributed by atoms with Crippen LogP contribution in [0.3, 0.4) is 0 Å². The summed E-state index contributed by atoms with van der Waals surface area (Å²) in [6, 6.07) is 3.62. The Morgan fingerprint density at radius 2 is 1.38 bits per heavy atom. The molecule has 32 heavy (non-hydrogen) atoms. The number of unbranched alkanes of at least 4 members (excludes halogenated alkanes) is 2. The van der Waals surface area contributed by atoms with E-state index in [4.69, 9.17) is 0 Å². The molecular weight excluding hydrogens is 405 g/mol. The molecule has 2 aliphatic rings. The Morgan fingerprint density at radius 3 is 1.94 bits per heavy atom. The van der Waals surface area contributed by atoms with Crippen molar-refractivity contribution >= 4 is 0 Å². The number of hydrogen-bond acceptors (Lipinski definition) is 0. The Labute approximate surface area is 194 Å². The van der Waals surface area contributed by atoms with Gasteiger partial charge in [-0.05, 0) is 112 Å². The first-order valence-corrected chi connectivity index (χ1v) is 13.3. The van der Waals surface area contributed by atoms with E-state index in [0.29, 0.717) is 42.2 Å². The molecular formula is C29H43F3. The zero-order valence-corrected chi connectivity index (χ0v) is 20.3. The van der Waals surface area contributed by atoms with Crippen molar-refractivity contribution in [3.05, 3.63) is 46.8 Å². The molecule has 0 aliphatic heterocycles. The standard InChI is InChI=1S/C29H43F3/c1-3-5-6-7-25-18-19-26(29(32)28(25)31)17-10-21-8-13-23(14-9-21)24-15-11-22(12-16-24)20-27(30)4-2/h18-24H,3-17H2,1-2H3. The van der Waals surface area contributed by atoms with Gasteiger partial charge in [0.2, 0.25) is 0 Å². The van der Waals surface area contributed by atoms with Crippen LogP contribution in [-0.4, -0.2) is 0 Å². The lowest BCUT2D eigenvalue weighted by Gasteiger charge is -2.37. The Kier molecular flexibility index (Phi) is 10.2. The highest BCUT2D eigenvalue weighted by Crippen LogP contribution is 2.42. The Bertz CT molecular complexity index is 722. The fourth-order valence-corrected chi connectivity index (χ4v) is 6.05. The second-order valence-electron chi connectivity index (χ2n) is 10.4. The van der Waals surface area contributed by atoms with Crippen LogP contribution in [0.15, 0.2) is 24.0 Å². The van der Waals surface area contributed by atoms with Gasteiger partial charge < -0.3 is 0 Å². The molecule has 0 amide bonds. The number of aryl methyl sites for hydroxylation is 2. The van der Waals surface area contributed by atoms with E-state index in [1.807, 2.05) is 19.1 Å². The lowest BCUT2D eigenvalue weighted by Crippen LogP contribution is -2.25. The fraction of sp³-hybridized carbons (Fsp3) is 0.724. The maximum Gasteiger partial charge on any atom is 0.162 e. The van der Waals surface area contributed by atoms with Crippen molar-refractivity contribution in [2.45, 2.75) is 110 Å².